The molecule has 0 bridgehead atoms. The van der Waals surface area contributed by atoms with Crippen molar-refractivity contribution in [3.8, 4) is 10.6 Å². The zero-order chi connectivity index (χ0) is 20.9. The molecule has 1 amide bonds. The normalized spacial score (nSPS) is 23.5. The number of fused-ring (bicyclic) bond motifs is 1. The van der Waals surface area contributed by atoms with Crippen LogP contribution in [0, 0.1) is 5.92 Å². The SMILES string of the molecule is O=C(Nc1nc2cccc(-c3ccc(CN4CCS(=O)(=O)CC4)s3)n2n1)[C@H]1C[C@@H]1F. The van der Waals surface area contributed by atoms with E-state index in [1.165, 1.54) is 0 Å². The molecule has 0 spiro atoms. The first kappa shape index (κ1) is 19.6. The van der Waals surface area contributed by atoms with E-state index in [4.69, 9.17) is 0 Å². The molecule has 1 saturated carbocycles. The van der Waals surface area contributed by atoms with Gasteiger partial charge in [-0.25, -0.2) is 17.3 Å². The van der Waals surface area contributed by atoms with Gasteiger partial charge in [0.05, 0.1) is 28.0 Å². The van der Waals surface area contributed by atoms with Crippen molar-refractivity contribution in [2.75, 3.05) is 29.9 Å². The maximum Gasteiger partial charge on any atom is 0.249 e. The largest absolute Gasteiger partial charge is 0.296 e. The Morgan fingerprint density at radius 3 is 2.73 bits per heavy atom. The number of sulfone groups is 1. The molecule has 158 valence electrons. The molecule has 1 aliphatic heterocycles. The predicted molar refractivity (Wildman–Crippen MR) is 112 cm³/mol. The Hall–Kier alpha value is -2.37. The minimum atomic E-state index is -2.89. The van der Waals surface area contributed by atoms with Crippen molar-refractivity contribution in [1.82, 2.24) is 19.5 Å². The first-order chi connectivity index (χ1) is 14.4. The molecule has 2 atom stereocenters. The van der Waals surface area contributed by atoms with E-state index in [2.05, 4.69) is 20.3 Å². The van der Waals surface area contributed by atoms with E-state index in [-0.39, 0.29) is 29.8 Å². The Bertz CT molecular complexity index is 1210. The van der Waals surface area contributed by atoms with E-state index >= 15 is 0 Å². The van der Waals surface area contributed by atoms with Crippen molar-refractivity contribution in [3.63, 3.8) is 0 Å². The topological polar surface area (TPSA) is 96.7 Å². The molecule has 2 fully saturated rings. The van der Waals surface area contributed by atoms with Crippen molar-refractivity contribution >= 4 is 38.7 Å². The van der Waals surface area contributed by atoms with Crippen molar-refractivity contribution in [2.45, 2.75) is 19.1 Å². The number of hydrogen-bond donors (Lipinski definition) is 1. The lowest BCUT2D eigenvalue weighted by Gasteiger charge is -2.25. The molecule has 0 radical (unpaired) electrons. The van der Waals surface area contributed by atoms with Crippen LogP contribution in [0.5, 0.6) is 0 Å². The lowest BCUT2D eigenvalue weighted by molar-refractivity contribution is -0.117. The van der Waals surface area contributed by atoms with Gasteiger partial charge in [0, 0.05) is 24.5 Å². The van der Waals surface area contributed by atoms with E-state index in [1.807, 2.05) is 24.3 Å². The summed E-state index contributed by atoms with van der Waals surface area (Å²) in [5, 5.41) is 6.98. The second kappa shape index (κ2) is 7.40. The molecule has 11 heteroatoms. The van der Waals surface area contributed by atoms with E-state index in [9.17, 15) is 17.6 Å². The van der Waals surface area contributed by atoms with Gasteiger partial charge in [0.15, 0.2) is 15.5 Å². The number of halogens is 1. The van der Waals surface area contributed by atoms with E-state index in [0.717, 1.165) is 15.4 Å². The highest BCUT2D eigenvalue weighted by molar-refractivity contribution is 7.91. The lowest BCUT2D eigenvalue weighted by atomic mass is 10.3. The van der Waals surface area contributed by atoms with Crippen LogP contribution in [0.3, 0.4) is 0 Å². The lowest BCUT2D eigenvalue weighted by Crippen LogP contribution is -2.39. The molecule has 2 aliphatic rings. The van der Waals surface area contributed by atoms with Crippen molar-refractivity contribution < 1.29 is 17.6 Å². The average molecular weight is 450 g/mol. The average Bonchev–Trinajstić information content (AvgIpc) is 3.10. The van der Waals surface area contributed by atoms with Crippen LogP contribution >= 0.6 is 11.3 Å². The van der Waals surface area contributed by atoms with Gasteiger partial charge in [0.25, 0.3) is 0 Å². The van der Waals surface area contributed by atoms with Gasteiger partial charge in [-0.1, -0.05) is 6.07 Å². The van der Waals surface area contributed by atoms with Gasteiger partial charge in [-0.15, -0.1) is 16.4 Å². The molecule has 0 aromatic carbocycles. The fourth-order valence-electron chi connectivity index (χ4n) is 3.51. The number of rotatable bonds is 5. The minimum Gasteiger partial charge on any atom is -0.296 e. The highest BCUT2D eigenvalue weighted by atomic mass is 32.2. The van der Waals surface area contributed by atoms with Crippen LogP contribution in [-0.4, -0.2) is 64.6 Å². The molecule has 1 saturated heterocycles. The molecule has 1 aliphatic carbocycles. The molecule has 3 aromatic heterocycles. The molecule has 5 rings (SSSR count). The Morgan fingerprint density at radius 1 is 1.23 bits per heavy atom. The van der Waals surface area contributed by atoms with Crippen LogP contribution < -0.4 is 5.32 Å². The van der Waals surface area contributed by atoms with Gasteiger partial charge in [0.1, 0.15) is 6.17 Å². The Kier molecular flexibility index (Phi) is 4.83. The number of hydrogen-bond acceptors (Lipinski definition) is 7. The van der Waals surface area contributed by atoms with E-state index in [0.29, 0.717) is 25.3 Å². The Labute approximate surface area is 176 Å². The molecular weight excluding hydrogens is 429 g/mol. The summed E-state index contributed by atoms with van der Waals surface area (Å²) in [6, 6.07) is 9.64. The first-order valence-corrected chi connectivity index (χ1v) is 12.3. The minimum absolute atomic E-state index is 0.165. The van der Waals surface area contributed by atoms with Crippen molar-refractivity contribution in [2.24, 2.45) is 5.92 Å². The third kappa shape index (κ3) is 3.96. The summed E-state index contributed by atoms with van der Waals surface area (Å²) in [5.41, 5.74) is 1.43. The number of aromatic nitrogens is 3. The number of alkyl halides is 1. The van der Waals surface area contributed by atoms with Crippen LogP contribution in [0.15, 0.2) is 30.3 Å². The summed E-state index contributed by atoms with van der Waals surface area (Å²) in [7, 11) is -2.89. The maximum absolute atomic E-state index is 13.1. The number of nitrogens with zero attached hydrogens (tertiary/aromatic N) is 4. The van der Waals surface area contributed by atoms with Gasteiger partial charge >= 0.3 is 0 Å². The third-order valence-corrected chi connectivity index (χ3v) is 8.08. The van der Waals surface area contributed by atoms with Gasteiger partial charge in [-0.05, 0) is 30.7 Å². The van der Waals surface area contributed by atoms with Gasteiger partial charge < -0.3 is 0 Å². The number of thiophene rings is 1. The number of nitrogens with one attached hydrogen (secondary N) is 1. The number of carbonyl (C=O) groups is 1. The summed E-state index contributed by atoms with van der Waals surface area (Å²) >= 11 is 1.62. The van der Waals surface area contributed by atoms with E-state index in [1.54, 1.807) is 21.9 Å². The molecule has 30 heavy (non-hydrogen) atoms. The highest BCUT2D eigenvalue weighted by Crippen LogP contribution is 2.34. The van der Waals surface area contributed by atoms with Crippen molar-refractivity contribution in [3.05, 3.63) is 35.2 Å². The Balaban J connectivity index is 1.34. The number of anilines is 1. The standard InChI is InChI=1S/C19H20FN5O3S2/c20-14-10-13(14)18(26)22-19-21-17-3-1-2-15(25(17)23-19)16-5-4-12(29-16)11-24-6-8-30(27,28)9-7-24/h1-5,13-14H,6-11H2,(H,22,23,26)/t13-,14-/m0/s1. The smallest absolute Gasteiger partial charge is 0.249 e. The van der Waals surface area contributed by atoms with Gasteiger partial charge in [-0.3, -0.25) is 15.0 Å². The monoisotopic (exact) mass is 449 g/mol. The quantitative estimate of drug-likeness (QED) is 0.640. The zero-order valence-electron chi connectivity index (χ0n) is 16.0. The van der Waals surface area contributed by atoms with Crippen LogP contribution in [0.2, 0.25) is 0 Å². The molecular formula is C19H20FN5O3S2. The fraction of sp³-hybridized carbons (Fsp3) is 0.421. The highest BCUT2D eigenvalue weighted by Gasteiger charge is 2.44. The molecule has 0 unspecified atom stereocenters. The number of carbonyl (C=O) groups excluding carboxylic acids is 1. The van der Waals surface area contributed by atoms with Crippen LogP contribution in [-0.2, 0) is 21.2 Å². The number of pyridine rings is 1. The second-order valence-electron chi connectivity index (χ2n) is 7.66. The summed E-state index contributed by atoms with van der Waals surface area (Å²) < 4.78 is 38.0. The molecule has 1 N–H and O–H groups in total. The van der Waals surface area contributed by atoms with Gasteiger partial charge in [0.2, 0.25) is 11.9 Å². The summed E-state index contributed by atoms with van der Waals surface area (Å²) in [6.45, 7) is 1.82. The maximum atomic E-state index is 13.1. The summed E-state index contributed by atoms with van der Waals surface area (Å²) in [4.78, 5) is 20.6. The fourth-order valence-corrected chi connectivity index (χ4v) is 5.85. The number of amides is 1. The molecule has 3 aromatic rings. The Morgan fingerprint density at radius 2 is 2.00 bits per heavy atom. The molecule has 4 heterocycles. The third-order valence-electron chi connectivity index (χ3n) is 5.37. The summed E-state index contributed by atoms with van der Waals surface area (Å²) in [6.07, 6.45) is -0.812. The summed E-state index contributed by atoms with van der Waals surface area (Å²) in [5.74, 6) is -0.398. The van der Waals surface area contributed by atoms with Crippen LogP contribution in [0.25, 0.3) is 16.2 Å². The van der Waals surface area contributed by atoms with Crippen molar-refractivity contribution in [1.29, 1.82) is 0 Å². The molecule has 8 nitrogen and oxygen atoms in total. The zero-order valence-corrected chi connectivity index (χ0v) is 17.6. The first-order valence-electron chi connectivity index (χ1n) is 9.70. The predicted octanol–water partition coefficient (Wildman–Crippen LogP) is 1.98. The van der Waals surface area contributed by atoms with Crippen LogP contribution in [0.1, 0.15) is 11.3 Å². The second-order valence-corrected chi connectivity index (χ2v) is 11.1. The van der Waals surface area contributed by atoms with Crippen LogP contribution in [0.4, 0.5) is 10.3 Å². The van der Waals surface area contributed by atoms with Gasteiger partial charge in [-0.2, -0.15) is 4.98 Å². The van der Waals surface area contributed by atoms with E-state index < -0.39 is 21.9 Å².